The smallest absolute Gasteiger partial charge is 0.00792 e. The summed E-state index contributed by atoms with van der Waals surface area (Å²) in [5.74, 6) is 1.23. The SMILES string of the molecule is CC(Cc1ccccc1)NCC(CN)C(C)C. The monoisotopic (exact) mass is 234 g/mol. The molecule has 0 bridgehead atoms. The van der Waals surface area contributed by atoms with Gasteiger partial charge in [0.05, 0.1) is 0 Å². The lowest BCUT2D eigenvalue weighted by Crippen LogP contribution is -2.37. The fourth-order valence-corrected chi connectivity index (χ4v) is 1.98. The van der Waals surface area contributed by atoms with E-state index in [0.717, 1.165) is 19.5 Å². The zero-order valence-electron chi connectivity index (χ0n) is 11.3. The molecule has 0 heterocycles. The molecule has 0 aliphatic carbocycles. The second-order valence-electron chi connectivity index (χ2n) is 5.24. The van der Waals surface area contributed by atoms with Gasteiger partial charge in [0, 0.05) is 6.04 Å². The summed E-state index contributed by atoms with van der Waals surface area (Å²) in [6, 6.07) is 11.1. The molecule has 1 aromatic rings. The first-order valence-corrected chi connectivity index (χ1v) is 6.60. The summed E-state index contributed by atoms with van der Waals surface area (Å²) in [6.07, 6.45) is 1.08. The standard InChI is InChI=1S/C15H26N2/c1-12(2)15(10-16)11-17-13(3)9-14-7-5-4-6-8-14/h4-8,12-13,15,17H,9-11,16H2,1-3H3. The first-order valence-electron chi connectivity index (χ1n) is 6.60. The van der Waals surface area contributed by atoms with Crippen molar-refractivity contribution >= 4 is 0 Å². The van der Waals surface area contributed by atoms with Gasteiger partial charge in [-0.15, -0.1) is 0 Å². The lowest BCUT2D eigenvalue weighted by Gasteiger charge is -2.22. The topological polar surface area (TPSA) is 38.0 Å². The van der Waals surface area contributed by atoms with Crippen molar-refractivity contribution in [3.8, 4) is 0 Å². The molecule has 0 aliphatic heterocycles. The van der Waals surface area contributed by atoms with E-state index < -0.39 is 0 Å². The molecule has 1 rings (SSSR count). The van der Waals surface area contributed by atoms with E-state index in [2.05, 4.69) is 56.4 Å². The van der Waals surface area contributed by atoms with Crippen LogP contribution in [0.15, 0.2) is 30.3 Å². The van der Waals surface area contributed by atoms with Gasteiger partial charge in [-0.05, 0) is 43.8 Å². The van der Waals surface area contributed by atoms with Crippen molar-refractivity contribution in [3.05, 3.63) is 35.9 Å². The minimum absolute atomic E-state index is 0.505. The highest BCUT2D eigenvalue weighted by Gasteiger charge is 2.12. The summed E-state index contributed by atoms with van der Waals surface area (Å²) >= 11 is 0. The van der Waals surface area contributed by atoms with E-state index >= 15 is 0 Å². The maximum absolute atomic E-state index is 5.77. The number of hydrogen-bond acceptors (Lipinski definition) is 2. The lowest BCUT2D eigenvalue weighted by atomic mass is 9.95. The van der Waals surface area contributed by atoms with Crippen LogP contribution in [0.25, 0.3) is 0 Å². The largest absolute Gasteiger partial charge is 0.330 e. The van der Waals surface area contributed by atoms with Crippen LogP contribution in [0, 0.1) is 11.8 Å². The predicted molar refractivity (Wildman–Crippen MR) is 75.0 cm³/mol. The molecular weight excluding hydrogens is 208 g/mol. The van der Waals surface area contributed by atoms with Crippen LogP contribution in [0.2, 0.25) is 0 Å². The summed E-state index contributed by atoms with van der Waals surface area (Å²) in [4.78, 5) is 0. The first kappa shape index (κ1) is 14.2. The van der Waals surface area contributed by atoms with Crippen LogP contribution < -0.4 is 11.1 Å². The summed E-state index contributed by atoms with van der Waals surface area (Å²) in [5, 5.41) is 3.58. The molecule has 0 amide bonds. The third-order valence-corrected chi connectivity index (χ3v) is 3.36. The first-order chi connectivity index (χ1) is 8.13. The summed E-state index contributed by atoms with van der Waals surface area (Å²) in [5.41, 5.74) is 7.16. The Morgan fingerprint density at radius 1 is 1.12 bits per heavy atom. The van der Waals surface area contributed by atoms with Crippen LogP contribution in [0.3, 0.4) is 0 Å². The van der Waals surface area contributed by atoms with Crippen molar-refractivity contribution in [1.29, 1.82) is 0 Å². The Morgan fingerprint density at radius 3 is 2.29 bits per heavy atom. The molecular formula is C15H26N2. The quantitative estimate of drug-likeness (QED) is 0.760. The average Bonchev–Trinajstić information content (AvgIpc) is 2.30. The molecule has 0 aromatic heterocycles. The van der Waals surface area contributed by atoms with Gasteiger partial charge in [0.2, 0.25) is 0 Å². The Hall–Kier alpha value is -0.860. The number of benzene rings is 1. The van der Waals surface area contributed by atoms with Gasteiger partial charge in [-0.3, -0.25) is 0 Å². The maximum Gasteiger partial charge on any atom is 0.00792 e. The second-order valence-corrected chi connectivity index (χ2v) is 5.24. The van der Waals surface area contributed by atoms with Crippen LogP contribution in [0.4, 0.5) is 0 Å². The van der Waals surface area contributed by atoms with Crippen molar-refractivity contribution in [2.75, 3.05) is 13.1 Å². The molecule has 17 heavy (non-hydrogen) atoms. The Balaban J connectivity index is 2.32. The van der Waals surface area contributed by atoms with Gasteiger partial charge in [-0.2, -0.15) is 0 Å². The van der Waals surface area contributed by atoms with Crippen molar-refractivity contribution in [2.45, 2.75) is 33.2 Å². The zero-order valence-corrected chi connectivity index (χ0v) is 11.3. The van der Waals surface area contributed by atoms with E-state index in [1.165, 1.54) is 5.56 Å². The molecule has 0 radical (unpaired) electrons. The number of nitrogens with one attached hydrogen (secondary N) is 1. The van der Waals surface area contributed by atoms with Crippen LogP contribution in [0.1, 0.15) is 26.3 Å². The molecule has 2 atom stereocenters. The minimum Gasteiger partial charge on any atom is -0.330 e. The van der Waals surface area contributed by atoms with E-state index in [0.29, 0.717) is 17.9 Å². The van der Waals surface area contributed by atoms with Crippen LogP contribution >= 0.6 is 0 Å². The maximum atomic E-state index is 5.77. The molecule has 0 saturated carbocycles. The van der Waals surface area contributed by atoms with E-state index in [1.807, 2.05) is 0 Å². The molecule has 0 fully saturated rings. The fourth-order valence-electron chi connectivity index (χ4n) is 1.98. The van der Waals surface area contributed by atoms with Crippen LogP contribution in [0.5, 0.6) is 0 Å². The van der Waals surface area contributed by atoms with Gasteiger partial charge in [0.1, 0.15) is 0 Å². The highest BCUT2D eigenvalue weighted by molar-refractivity contribution is 5.15. The van der Waals surface area contributed by atoms with Gasteiger partial charge in [-0.1, -0.05) is 44.2 Å². The molecule has 0 aliphatic rings. The molecule has 2 unspecified atom stereocenters. The van der Waals surface area contributed by atoms with Crippen LogP contribution in [-0.2, 0) is 6.42 Å². The van der Waals surface area contributed by atoms with Gasteiger partial charge in [0.25, 0.3) is 0 Å². The summed E-state index contributed by atoms with van der Waals surface area (Å²) in [7, 11) is 0. The highest BCUT2D eigenvalue weighted by Crippen LogP contribution is 2.09. The molecule has 2 nitrogen and oxygen atoms in total. The Morgan fingerprint density at radius 2 is 1.76 bits per heavy atom. The highest BCUT2D eigenvalue weighted by atomic mass is 14.9. The molecule has 3 N–H and O–H groups in total. The second kappa shape index (κ2) is 7.46. The number of nitrogens with two attached hydrogens (primary N) is 1. The molecule has 96 valence electrons. The minimum atomic E-state index is 0.505. The molecule has 0 saturated heterocycles. The average molecular weight is 234 g/mol. The molecule has 0 spiro atoms. The van der Waals surface area contributed by atoms with E-state index in [4.69, 9.17) is 5.73 Å². The molecule has 2 heteroatoms. The lowest BCUT2D eigenvalue weighted by molar-refractivity contribution is 0.354. The normalized spacial score (nSPS) is 14.9. The van der Waals surface area contributed by atoms with Crippen molar-refractivity contribution < 1.29 is 0 Å². The van der Waals surface area contributed by atoms with Crippen molar-refractivity contribution in [1.82, 2.24) is 5.32 Å². The Bertz CT molecular complexity index is 295. The Labute approximate surface area is 106 Å². The van der Waals surface area contributed by atoms with Gasteiger partial charge >= 0.3 is 0 Å². The number of rotatable bonds is 7. The van der Waals surface area contributed by atoms with Gasteiger partial charge in [0.15, 0.2) is 0 Å². The van der Waals surface area contributed by atoms with E-state index in [9.17, 15) is 0 Å². The molecule has 1 aromatic carbocycles. The third kappa shape index (κ3) is 5.33. The van der Waals surface area contributed by atoms with Gasteiger partial charge in [-0.25, -0.2) is 0 Å². The van der Waals surface area contributed by atoms with Crippen molar-refractivity contribution in [3.63, 3.8) is 0 Å². The fraction of sp³-hybridized carbons (Fsp3) is 0.600. The van der Waals surface area contributed by atoms with Gasteiger partial charge < -0.3 is 11.1 Å². The Kier molecular flexibility index (Phi) is 6.23. The zero-order chi connectivity index (χ0) is 12.7. The number of hydrogen-bond donors (Lipinski definition) is 2. The van der Waals surface area contributed by atoms with E-state index in [-0.39, 0.29) is 0 Å². The summed E-state index contributed by atoms with van der Waals surface area (Å²) in [6.45, 7) is 8.49. The third-order valence-electron chi connectivity index (χ3n) is 3.36. The van der Waals surface area contributed by atoms with E-state index in [1.54, 1.807) is 0 Å². The predicted octanol–water partition coefficient (Wildman–Crippen LogP) is 2.44. The summed E-state index contributed by atoms with van der Waals surface area (Å²) < 4.78 is 0. The van der Waals surface area contributed by atoms with Crippen LogP contribution in [-0.4, -0.2) is 19.1 Å². The van der Waals surface area contributed by atoms with Crippen molar-refractivity contribution in [2.24, 2.45) is 17.6 Å².